The first-order valence-electron chi connectivity index (χ1n) is 8.48. The molecule has 6 heteroatoms. The van der Waals surface area contributed by atoms with Gasteiger partial charge in [0.15, 0.2) is 10.9 Å². The number of nitrogens with zero attached hydrogens (tertiary/aromatic N) is 2. The van der Waals surface area contributed by atoms with Crippen LogP contribution >= 0.6 is 11.3 Å². The SMILES string of the molecule is CC(=O)N(c1nc(/C=C/C(=O)c2ccc(C)o2)cs1)c1cccc(C)c1C. The maximum Gasteiger partial charge on any atom is 0.230 e. The van der Waals surface area contributed by atoms with Crippen molar-refractivity contribution in [1.29, 1.82) is 0 Å². The molecule has 5 nitrogen and oxygen atoms in total. The molecule has 0 radical (unpaired) electrons. The lowest BCUT2D eigenvalue weighted by Gasteiger charge is -2.21. The lowest BCUT2D eigenvalue weighted by atomic mass is 10.1. The molecule has 0 aliphatic carbocycles. The van der Waals surface area contributed by atoms with Gasteiger partial charge in [-0.3, -0.25) is 14.5 Å². The van der Waals surface area contributed by atoms with Gasteiger partial charge in [0.2, 0.25) is 11.7 Å². The maximum absolute atomic E-state index is 12.3. The largest absolute Gasteiger partial charge is 0.458 e. The number of hydrogen-bond acceptors (Lipinski definition) is 5. The van der Waals surface area contributed by atoms with Crippen LogP contribution < -0.4 is 4.90 Å². The van der Waals surface area contributed by atoms with E-state index in [4.69, 9.17) is 4.42 Å². The molecule has 0 fully saturated rings. The molecule has 0 spiro atoms. The Morgan fingerprint density at radius 2 is 1.93 bits per heavy atom. The van der Waals surface area contributed by atoms with Gasteiger partial charge in [-0.15, -0.1) is 11.3 Å². The predicted molar refractivity (Wildman–Crippen MR) is 108 cm³/mol. The molecule has 2 aromatic heterocycles. The summed E-state index contributed by atoms with van der Waals surface area (Å²) in [5.74, 6) is 0.639. The van der Waals surface area contributed by atoms with E-state index in [-0.39, 0.29) is 11.7 Å². The average molecular weight is 380 g/mol. The number of rotatable bonds is 5. The Labute approximate surface area is 162 Å². The Kier molecular flexibility index (Phi) is 5.37. The number of aryl methyl sites for hydroxylation is 2. The van der Waals surface area contributed by atoms with Crippen LogP contribution in [0.5, 0.6) is 0 Å². The van der Waals surface area contributed by atoms with Crippen LogP contribution in [0.25, 0.3) is 6.08 Å². The number of carbonyl (C=O) groups is 2. The third-order valence-electron chi connectivity index (χ3n) is 4.22. The summed E-state index contributed by atoms with van der Waals surface area (Å²) in [5, 5.41) is 2.38. The molecule has 27 heavy (non-hydrogen) atoms. The molecule has 0 saturated heterocycles. The number of allylic oxidation sites excluding steroid dienone is 1. The highest BCUT2D eigenvalue weighted by molar-refractivity contribution is 7.14. The molecule has 138 valence electrons. The highest BCUT2D eigenvalue weighted by Gasteiger charge is 2.20. The summed E-state index contributed by atoms with van der Waals surface area (Å²) in [6.45, 7) is 7.30. The second kappa shape index (κ2) is 7.72. The lowest BCUT2D eigenvalue weighted by Crippen LogP contribution is -2.23. The van der Waals surface area contributed by atoms with Gasteiger partial charge in [0, 0.05) is 12.3 Å². The minimum Gasteiger partial charge on any atom is -0.458 e. The van der Waals surface area contributed by atoms with E-state index in [0.29, 0.717) is 22.3 Å². The van der Waals surface area contributed by atoms with Crippen molar-refractivity contribution in [3.05, 3.63) is 70.1 Å². The predicted octanol–water partition coefficient (Wildman–Crippen LogP) is 5.24. The molecular formula is C21H20N2O3S. The van der Waals surface area contributed by atoms with Gasteiger partial charge in [-0.1, -0.05) is 12.1 Å². The Bertz CT molecular complexity index is 1030. The second-order valence-corrected chi connectivity index (χ2v) is 7.07. The maximum atomic E-state index is 12.3. The number of ketones is 1. The van der Waals surface area contributed by atoms with Gasteiger partial charge in [0.25, 0.3) is 0 Å². The molecule has 0 atom stereocenters. The molecule has 1 amide bonds. The number of carbonyl (C=O) groups excluding carboxylic acids is 2. The Balaban J connectivity index is 1.86. The van der Waals surface area contributed by atoms with Crippen molar-refractivity contribution in [3.8, 4) is 0 Å². The van der Waals surface area contributed by atoms with E-state index in [9.17, 15) is 9.59 Å². The standard InChI is InChI=1S/C21H20N2O3S/c1-13-6-5-7-18(15(13)3)23(16(4)24)21-22-17(12-27-21)9-10-19(25)20-11-8-14(2)26-20/h5-12H,1-4H3/b10-9+. The summed E-state index contributed by atoms with van der Waals surface area (Å²) in [6.07, 6.45) is 3.05. The monoisotopic (exact) mass is 380 g/mol. The van der Waals surface area contributed by atoms with Gasteiger partial charge in [0.1, 0.15) is 5.76 Å². The number of benzene rings is 1. The van der Waals surface area contributed by atoms with E-state index < -0.39 is 0 Å². The van der Waals surface area contributed by atoms with E-state index in [1.54, 1.807) is 30.0 Å². The van der Waals surface area contributed by atoms with Gasteiger partial charge in [0.05, 0.1) is 11.4 Å². The fraction of sp³-hybridized carbons (Fsp3) is 0.190. The van der Waals surface area contributed by atoms with Crippen molar-refractivity contribution in [2.24, 2.45) is 0 Å². The summed E-state index contributed by atoms with van der Waals surface area (Å²) >= 11 is 1.35. The molecule has 2 heterocycles. The second-order valence-electron chi connectivity index (χ2n) is 6.24. The first kappa shape index (κ1) is 18.8. The molecule has 1 aromatic carbocycles. The van der Waals surface area contributed by atoms with Gasteiger partial charge in [-0.25, -0.2) is 4.98 Å². The van der Waals surface area contributed by atoms with Gasteiger partial charge in [-0.2, -0.15) is 0 Å². The molecule has 0 bridgehead atoms. The molecule has 0 saturated carbocycles. The molecule has 0 aliphatic rings. The molecular weight excluding hydrogens is 360 g/mol. The third kappa shape index (κ3) is 4.06. The van der Waals surface area contributed by atoms with Crippen molar-refractivity contribution >= 4 is 39.9 Å². The molecule has 0 aliphatic heterocycles. The summed E-state index contributed by atoms with van der Waals surface area (Å²) in [6, 6.07) is 9.23. The van der Waals surface area contributed by atoms with E-state index in [2.05, 4.69) is 4.98 Å². The summed E-state index contributed by atoms with van der Waals surface area (Å²) in [5.41, 5.74) is 3.57. The quantitative estimate of drug-likeness (QED) is 0.448. The van der Waals surface area contributed by atoms with Crippen LogP contribution in [-0.4, -0.2) is 16.7 Å². The summed E-state index contributed by atoms with van der Waals surface area (Å²) in [7, 11) is 0. The fourth-order valence-corrected chi connectivity index (χ4v) is 3.50. The zero-order valence-electron chi connectivity index (χ0n) is 15.6. The molecule has 0 N–H and O–H groups in total. The van der Waals surface area contributed by atoms with Gasteiger partial charge in [-0.05, 0) is 62.2 Å². The van der Waals surface area contributed by atoms with Crippen LogP contribution in [0.4, 0.5) is 10.8 Å². The van der Waals surface area contributed by atoms with Crippen molar-refractivity contribution in [1.82, 2.24) is 4.98 Å². The number of thiazole rings is 1. The van der Waals surface area contributed by atoms with Gasteiger partial charge >= 0.3 is 0 Å². The van der Waals surface area contributed by atoms with E-state index in [1.165, 1.54) is 24.3 Å². The lowest BCUT2D eigenvalue weighted by molar-refractivity contribution is -0.115. The molecule has 3 rings (SSSR count). The van der Waals surface area contributed by atoms with Gasteiger partial charge < -0.3 is 4.42 Å². The summed E-state index contributed by atoms with van der Waals surface area (Å²) < 4.78 is 5.32. The Morgan fingerprint density at radius 3 is 2.59 bits per heavy atom. The van der Waals surface area contributed by atoms with Crippen molar-refractivity contribution in [3.63, 3.8) is 0 Å². The van der Waals surface area contributed by atoms with Crippen molar-refractivity contribution in [2.45, 2.75) is 27.7 Å². The Hall–Kier alpha value is -2.99. The van der Waals surface area contributed by atoms with Crippen molar-refractivity contribution < 1.29 is 14.0 Å². The van der Waals surface area contributed by atoms with Crippen LogP contribution in [0.2, 0.25) is 0 Å². The van der Waals surface area contributed by atoms with Crippen LogP contribution in [-0.2, 0) is 4.79 Å². The van der Waals surface area contributed by atoms with E-state index >= 15 is 0 Å². The van der Waals surface area contributed by atoms with E-state index in [1.807, 2.05) is 37.4 Å². The number of hydrogen-bond donors (Lipinski definition) is 0. The molecule has 3 aromatic rings. The highest BCUT2D eigenvalue weighted by Crippen LogP contribution is 2.32. The fourth-order valence-electron chi connectivity index (χ4n) is 2.65. The number of furan rings is 1. The number of anilines is 2. The topological polar surface area (TPSA) is 63.4 Å². The van der Waals surface area contributed by atoms with Crippen molar-refractivity contribution in [2.75, 3.05) is 4.90 Å². The first-order valence-corrected chi connectivity index (χ1v) is 9.36. The summed E-state index contributed by atoms with van der Waals surface area (Å²) in [4.78, 5) is 30.5. The van der Waals surface area contributed by atoms with Crippen LogP contribution in [0.15, 0.2) is 46.2 Å². The smallest absolute Gasteiger partial charge is 0.230 e. The third-order valence-corrected chi connectivity index (χ3v) is 5.07. The van der Waals surface area contributed by atoms with Crippen LogP contribution in [0.1, 0.15) is 40.1 Å². The zero-order chi connectivity index (χ0) is 19.6. The first-order chi connectivity index (χ1) is 12.9. The zero-order valence-corrected chi connectivity index (χ0v) is 16.5. The van der Waals surface area contributed by atoms with Crippen LogP contribution in [0, 0.1) is 20.8 Å². The minimum atomic E-state index is -0.226. The number of amides is 1. The van der Waals surface area contributed by atoms with Crippen LogP contribution in [0.3, 0.4) is 0 Å². The number of aromatic nitrogens is 1. The average Bonchev–Trinajstić information content (AvgIpc) is 3.26. The highest BCUT2D eigenvalue weighted by atomic mass is 32.1. The van der Waals surface area contributed by atoms with E-state index in [0.717, 1.165) is 16.8 Å². The minimum absolute atomic E-state index is 0.115. The molecule has 0 unspecified atom stereocenters. The Morgan fingerprint density at radius 1 is 1.15 bits per heavy atom. The normalized spacial score (nSPS) is 11.1.